The minimum Gasteiger partial charge on any atom is -0.493 e. The number of ether oxygens (including phenoxy) is 2. The first kappa shape index (κ1) is 21.0. The number of hydrogen-bond donors (Lipinski definition) is 1. The highest BCUT2D eigenvalue weighted by Crippen LogP contribution is 2.26. The number of carbonyl (C=O) groups excluding carboxylic acids is 2. The topological polar surface area (TPSA) is 64.6 Å². The van der Waals surface area contributed by atoms with Crippen molar-refractivity contribution in [1.82, 2.24) is 5.32 Å². The van der Waals surface area contributed by atoms with Crippen molar-refractivity contribution in [2.24, 2.45) is 0 Å². The molecule has 2 atom stereocenters. The number of carbonyl (C=O) groups is 2. The number of amides is 2. The standard InChI is InChI=1S/C20H18F3NO4S/c1-12(14-4-8-16(9-5-14)28-20(21,22)23)11-27-15-6-2-13(3-7-15)10-17-18(25)24-19(26)29-17/h2-9,12,17H,10-11H2,1H3,(H,24,25,26). The Balaban J connectivity index is 1.50. The first-order valence-corrected chi connectivity index (χ1v) is 9.66. The number of halogens is 3. The smallest absolute Gasteiger partial charge is 0.493 e. The molecule has 1 aliphatic rings. The van der Waals surface area contributed by atoms with E-state index in [1.165, 1.54) is 12.1 Å². The number of hydrogen-bond acceptors (Lipinski definition) is 5. The van der Waals surface area contributed by atoms with Crippen LogP contribution in [-0.2, 0) is 11.2 Å². The van der Waals surface area contributed by atoms with Crippen molar-refractivity contribution in [3.8, 4) is 11.5 Å². The molecular weight excluding hydrogens is 407 g/mol. The highest BCUT2D eigenvalue weighted by atomic mass is 32.2. The summed E-state index contributed by atoms with van der Waals surface area (Å²) < 4.78 is 46.2. The second-order valence-corrected chi connectivity index (χ2v) is 7.74. The van der Waals surface area contributed by atoms with E-state index in [0.717, 1.165) is 22.9 Å². The second-order valence-electron chi connectivity index (χ2n) is 6.56. The Morgan fingerprint density at radius 2 is 1.66 bits per heavy atom. The molecular formula is C20H18F3NO4S. The number of thioether (sulfide) groups is 1. The zero-order chi connectivity index (χ0) is 21.0. The van der Waals surface area contributed by atoms with Gasteiger partial charge in [0.2, 0.25) is 5.91 Å². The van der Waals surface area contributed by atoms with Crippen molar-refractivity contribution in [2.45, 2.75) is 30.9 Å². The van der Waals surface area contributed by atoms with Crippen molar-refractivity contribution in [2.75, 3.05) is 6.61 Å². The van der Waals surface area contributed by atoms with Crippen LogP contribution in [0.4, 0.5) is 18.0 Å². The minimum atomic E-state index is -4.71. The van der Waals surface area contributed by atoms with Crippen LogP contribution < -0.4 is 14.8 Å². The van der Waals surface area contributed by atoms with E-state index in [1.54, 1.807) is 24.3 Å². The van der Waals surface area contributed by atoms with Crippen molar-refractivity contribution in [3.05, 3.63) is 59.7 Å². The molecule has 9 heteroatoms. The van der Waals surface area contributed by atoms with Crippen molar-refractivity contribution < 1.29 is 32.2 Å². The summed E-state index contributed by atoms with van der Waals surface area (Å²) in [7, 11) is 0. The highest BCUT2D eigenvalue weighted by Gasteiger charge is 2.32. The third-order valence-electron chi connectivity index (χ3n) is 4.29. The van der Waals surface area contributed by atoms with Gasteiger partial charge in [-0.3, -0.25) is 14.9 Å². The Hall–Kier alpha value is -2.68. The SMILES string of the molecule is CC(COc1ccc(CC2SC(=O)NC2=O)cc1)c1ccc(OC(F)(F)F)cc1. The van der Waals surface area contributed by atoms with E-state index in [-0.39, 0.29) is 22.8 Å². The van der Waals surface area contributed by atoms with Crippen LogP contribution in [0.2, 0.25) is 0 Å². The number of benzene rings is 2. The summed E-state index contributed by atoms with van der Waals surface area (Å²) in [6.07, 6.45) is -4.26. The van der Waals surface area contributed by atoms with Crippen molar-refractivity contribution in [1.29, 1.82) is 0 Å². The molecule has 5 nitrogen and oxygen atoms in total. The van der Waals surface area contributed by atoms with Crippen LogP contribution in [0.25, 0.3) is 0 Å². The summed E-state index contributed by atoms with van der Waals surface area (Å²) in [5.74, 6) is 0.0537. The summed E-state index contributed by atoms with van der Waals surface area (Å²) in [4.78, 5) is 22.8. The lowest BCUT2D eigenvalue weighted by atomic mass is 10.0. The molecule has 3 rings (SSSR count). The normalized spacial score (nSPS) is 17.7. The third-order valence-corrected chi connectivity index (χ3v) is 5.28. The van der Waals surface area contributed by atoms with E-state index in [9.17, 15) is 22.8 Å². The number of rotatable bonds is 7. The molecule has 0 spiro atoms. The lowest BCUT2D eigenvalue weighted by molar-refractivity contribution is -0.274. The molecule has 154 valence electrons. The van der Waals surface area contributed by atoms with Crippen LogP contribution in [0.5, 0.6) is 11.5 Å². The van der Waals surface area contributed by atoms with Crippen LogP contribution in [0.1, 0.15) is 24.0 Å². The molecule has 1 saturated heterocycles. The fourth-order valence-corrected chi connectivity index (χ4v) is 3.64. The zero-order valence-corrected chi connectivity index (χ0v) is 16.2. The fraction of sp³-hybridized carbons (Fsp3) is 0.300. The Kier molecular flexibility index (Phi) is 6.36. The summed E-state index contributed by atoms with van der Waals surface area (Å²) in [5.41, 5.74) is 1.73. The van der Waals surface area contributed by atoms with Gasteiger partial charge in [-0.1, -0.05) is 43.0 Å². The molecule has 1 aliphatic heterocycles. The van der Waals surface area contributed by atoms with Crippen molar-refractivity contribution >= 4 is 22.9 Å². The Morgan fingerprint density at radius 3 is 2.21 bits per heavy atom. The van der Waals surface area contributed by atoms with Gasteiger partial charge in [0, 0.05) is 5.92 Å². The van der Waals surface area contributed by atoms with Gasteiger partial charge in [-0.25, -0.2) is 0 Å². The molecule has 2 aromatic carbocycles. The van der Waals surface area contributed by atoms with Gasteiger partial charge in [-0.2, -0.15) is 0 Å². The molecule has 1 heterocycles. The van der Waals surface area contributed by atoms with E-state index >= 15 is 0 Å². The average molecular weight is 425 g/mol. The second kappa shape index (κ2) is 8.77. The quantitative estimate of drug-likeness (QED) is 0.699. The predicted octanol–water partition coefficient (Wildman–Crippen LogP) is 4.66. The zero-order valence-electron chi connectivity index (χ0n) is 15.4. The van der Waals surface area contributed by atoms with Crippen LogP contribution in [0, 0.1) is 0 Å². The van der Waals surface area contributed by atoms with Crippen LogP contribution >= 0.6 is 11.8 Å². The third kappa shape index (κ3) is 6.15. The molecule has 0 aromatic heterocycles. The minimum absolute atomic E-state index is 0.0424. The van der Waals surface area contributed by atoms with Gasteiger partial charge in [0.15, 0.2) is 0 Å². The highest BCUT2D eigenvalue weighted by molar-refractivity contribution is 8.15. The number of nitrogens with one attached hydrogen (secondary N) is 1. The molecule has 1 fully saturated rings. The molecule has 1 N–H and O–H groups in total. The van der Waals surface area contributed by atoms with E-state index in [4.69, 9.17) is 4.74 Å². The summed E-state index contributed by atoms with van der Waals surface area (Å²) in [6, 6.07) is 12.9. The van der Waals surface area contributed by atoms with Gasteiger partial charge >= 0.3 is 6.36 Å². The van der Waals surface area contributed by atoms with E-state index in [1.807, 2.05) is 19.1 Å². The van der Waals surface area contributed by atoms with Gasteiger partial charge in [-0.05, 0) is 41.8 Å². The van der Waals surface area contributed by atoms with Gasteiger partial charge in [0.25, 0.3) is 5.24 Å². The molecule has 0 saturated carbocycles. The van der Waals surface area contributed by atoms with E-state index in [2.05, 4.69) is 10.1 Å². The maximum atomic E-state index is 12.2. The predicted molar refractivity (Wildman–Crippen MR) is 102 cm³/mol. The number of alkyl halides is 3. The van der Waals surface area contributed by atoms with Gasteiger partial charge in [0.1, 0.15) is 11.5 Å². The first-order valence-electron chi connectivity index (χ1n) is 8.78. The molecule has 0 radical (unpaired) electrons. The summed E-state index contributed by atoms with van der Waals surface area (Å²) in [6.45, 7) is 2.25. The average Bonchev–Trinajstić information content (AvgIpc) is 2.97. The monoisotopic (exact) mass is 425 g/mol. The molecule has 0 aliphatic carbocycles. The lowest BCUT2D eigenvalue weighted by Gasteiger charge is -2.15. The Bertz CT molecular complexity index is 869. The van der Waals surface area contributed by atoms with E-state index < -0.39 is 11.6 Å². The summed E-state index contributed by atoms with van der Waals surface area (Å²) in [5, 5.41) is 1.51. The largest absolute Gasteiger partial charge is 0.573 e. The lowest BCUT2D eigenvalue weighted by Crippen LogP contribution is -2.25. The molecule has 0 bridgehead atoms. The molecule has 2 unspecified atom stereocenters. The first-order chi connectivity index (χ1) is 13.7. The van der Waals surface area contributed by atoms with Gasteiger partial charge in [0.05, 0.1) is 11.9 Å². The van der Waals surface area contributed by atoms with Crippen LogP contribution in [-0.4, -0.2) is 29.4 Å². The Labute approximate surface area is 169 Å². The van der Waals surface area contributed by atoms with Gasteiger partial charge < -0.3 is 9.47 Å². The molecule has 2 aromatic rings. The van der Waals surface area contributed by atoms with Crippen molar-refractivity contribution in [3.63, 3.8) is 0 Å². The maximum absolute atomic E-state index is 12.2. The summed E-state index contributed by atoms with van der Waals surface area (Å²) >= 11 is 0.986. The van der Waals surface area contributed by atoms with Crippen LogP contribution in [0.15, 0.2) is 48.5 Å². The number of imide groups is 1. The maximum Gasteiger partial charge on any atom is 0.573 e. The molecule has 29 heavy (non-hydrogen) atoms. The van der Waals surface area contributed by atoms with E-state index in [0.29, 0.717) is 18.8 Å². The molecule has 2 amide bonds. The van der Waals surface area contributed by atoms with Gasteiger partial charge in [-0.15, -0.1) is 13.2 Å². The Morgan fingerprint density at radius 1 is 1.03 bits per heavy atom. The fourth-order valence-electron chi connectivity index (χ4n) is 2.78. The van der Waals surface area contributed by atoms with Crippen LogP contribution in [0.3, 0.4) is 0 Å².